The van der Waals surface area contributed by atoms with Crippen molar-refractivity contribution in [3.8, 4) is 0 Å². The number of nitro groups is 1. The van der Waals surface area contributed by atoms with Crippen molar-refractivity contribution in [1.82, 2.24) is 4.57 Å². The quantitative estimate of drug-likeness (QED) is 0.363. The van der Waals surface area contributed by atoms with E-state index in [1.165, 1.54) is 0 Å². The van der Waals surface area contributed by atoms with Crippen LogP contribution < -0.4 is 0 Å². The SMILES string of the molecule is Cc1cc(C(=O)COC(=O)c2ccc([N+](=O)[O-])o2)c(C)n1C. The highest BCUT2D eigenvalue weighted by Gasteiger charge is 2.21. The van der Waals surface area contributed by atoms with Crippen LogP contribution >= 0.6 is 0 Å². The molecule has 0 atom stereocenters. The summed E-state index contributed by atoms with van der Waals surface area (Å²) in [7, 11) is 1.83. The van der Waals surface area contributed by atoms with E-state index in [2.05, 4.69) is 0 Å². The molecule has 0 spiro atoms. The fourth-order valence-electron chi connectivity index (χ4n) is 1.95. The molecule has 0 aliphatic rings. The number of hydrogen-bond donors (Lipinski definition) is 0. The van der Waals surface area contributed by atoms with Crippen molar-refractivity contribution in [1.29, 1.82) is 0 Å². The summed E-state index contributed by atoms with van der Waals surface area (Å²) in [5.41, 5.74) is 2.15. The number of carbonyl (C=O) groups excluding carboxylic acids is 2. The first-order valence-electron chi connectivity index (χ1n) is 6.38. The summed E-state index contributed by atoms with van der Waals surface area (Å²) in [6.45, 7) is 3.19. The van der Waals surface area contributed by atoms with Gasteiger partial charge in [0.1, 0.15) is 4.92 Å². The molecular formula is C14H14N2O6. The van der Waals surface area contributed by atoms with Crippen LogP contribution in [-0.2, 0) is 11.8 Å². The average Bonchev–Trinajstić information content (AvgIpc) is 3.06. The summed E-state index contributed by atoms with van der Waals surface area (Å²) < 4.78 is 11.4. The van der Waals surface area contributed by atoms with Gasteiger partial charge >= 0.3 is 11.9 Å². The Labute approximate surface area is 125 Å². The predicted octanol–water partition coefficient (Wildman–Crippen LogP) is 2.18. The second-order valence-corrected chi connectivity index (χ2v) is 4.74. The van der Waals surface area contributed by atoms with Gasteiger partial charge in [0.15, 0.2) is 6.61 Å². The van der Waals surface area contributed by atoms with Crippen LogP contribution in [0.4, 0.5) is 5.88 Å². The standard InChI is InChI=1S/C14H14N2O6/c1-8-6-10(9(2)15(8)3)11(17)7-21-14(18)12-4-5-13(22-12)16(19)20/h4-6H,7H2,1-3H3. The number of Topliss-reactive ketones (excluding diaryl/α,β-unsaturated/α-hetero) is 1. The topological polar surface area (TPSA) is 105 Å². The number of ketones is 1. The Balaban J connectivity index is 2.02. The van der Waals surface area contributed by atoms with Gasteiger partial charge in [-0.3, -0.25) is 14.9 Å². The lowest BCUT2D eigenvalue weighted by atomic mass is 10.1. The van der Waals surface area contributed by atoms with Crippen LogP contribution in [0.2, 0.25) is 0 Å². The first-order valence-corrected chi connectivity index (χ1v) is 6.38. The van der Waals surface area contributed by atoms with Crippen molar-refractivity contribution in [3.63, 3.8) is 0 Å². The maximum absolute atomic E-state index is 12.1. The Morgan fingerprint density at radius 3 is 2.55 bits per heavy atom. The van der Waals surface area contributed by atoms with Crippen molar-refractivity contribution in [3.05, 3.63) is 51.0 Å². The smallest absolute Gasteiger partial charge is 0.433 e. The molecule has 0 unspecified atom stereocenters. The molecular weight excluding hydrogens is 292 g/mol. The Morgan fingerprint density at radius 1 is 1.36 bits per heavy atom. The Morgan fingerprint density at radius 2 is 2.05 bits per heavy atom. The molecule has 0 amide bonds. The molecule has 0 aliphatic carbocycles. The normalized spacial score (nSPS) is 10.5. The van der Waals surface area contributed by atoms with Crippen LogP contribution in [0.5, 0.6) is 0 Å². The number of hydrogen-bond acceptors (Lipinski definition) is 6. The zero-order chi connectivity index (χ0) is 16.4. The molecule has 0 saturated carbocycles. The Hall–Kier alpha value is -2.90. The molecule has 0 aliphatic heterocycles. The zero-order valence-corrected chi connectivity index (χ0v) is 12.3. The van der Waals surface area contributed by atoms with Gasteiger partial charge < -0.3 is 13.7 Å². The van der Waals surface area contributed by atoms with Crippen LogP contribution in [0.1, 0.15) is 32.3 Å². The van der Waals surface area contributed by atoms with Gasteiger partial charge in [-0.25, -0.2) is 4.79 Å². The second-order valence-electron chi connectivity index (χ2n) is 4.74. The number of esters is 1. The van der Waals surface area contributed by atoms with E-state index < -0.39 is 23.4 Å². The van der Waals surface area contributed by atoms with E-state index in [-0.39, 0.29) is 11.5 Å². The third-order valence-electron chi connectivity index (χ3n) is 3.38. The van der Waals surface area contributed by atoms with Crippen LogP contribution in [0.3, 0.4) is 0 Å². The minimum atomic E-state index is -0.924. The molecule has 2 aromatic rings. The summed E-state index contributed by atoms with van der Waals surface area (Å²) in [5, 5.41) is 10.5. The number of ether oxygens (including phenoxy) is 1. The van der Waals surface area contributed by atoms with Gasteiger partial charge in [-0.1, -0.05) is 0 Å². The number of aromatic nitrogens is 1. The summed E-state index contributed by atoms with van der Waals surface area (Å²) in [6.07, 6.45) is 0. The molecule has 22 heavy (non-hydrogen) atoms. The van der Waals surface area contributed by atoms with Crippen molar-refractivity contribution >= 4 is 17.6 Å². The van der Waals surface area contributed by atoms with E-state index in [4.69, 9.17) is 9.15 Å². The third kappa shape index (κ3) is 2.90. The van der Waals surface area contributed by atoms with E-state index in [9.17, 15) is 19.7 Å². The van der Waals surface area contributed by atoms with Gasteiger partial charge in [0, 0.05) is 24.0 Å². The molecule has 0 bridgehead atoms. The number of carbonyl (C=O) groups is 2. The molecule has 0 radical (unpaired) electrons. The molecule has 2 heterocycles. The van der Waals surface area contributed by atoms with Gasteiger partial charge in [-0.05, 0) is 26.0 Å². The number of furan rings is 1. The van der Waals surface area contributed by atoms with Gasteiger partial charge in [0.25, 0.3) is 0 Å². The largest absolute Gasteiger partial charge is 0.451 e. The fraction of sp³-hybridized carbons (Fsp3) is 0.286. The molecule has 2 rings (SSSR count). The van der Waals surface area contributed by atoms with Crippen LogP contribution in [-0.4, -0.2) is 27.8 Å². The maximum atomic E-state index is 12.1. The van der Waals surface area contributed by atoms with E-state index in [0.29, 0.717) is 5.56 Å². The Bertz CT molecular complexity index is 755. The van der Waals surface area contributed by atoms with E-state index >= 15 is 0 Å². The molecule has 8 heteroatoms. The molecule has 2 aromatic heterocycles. The van der Waals surface area contributed by atoms with Crippen molar-refractivity contribution < 1.29 is 23.7 Å². The van der Waals surface area contributed by atoms with Crippen molar-refractivity contribution in [2.24, 2.45) is 7.05 Å². The number of aryl methyl sites for hydroxylation is 1. The van der Waals surface area contributed by atoms with E-state index in [1.54, 1.807) is 13.0 Å². The monoisotopic (exact) mass is 306 g/mol. The van der Waals surface area contributed by atoms with Crippen molar-refractivity contribution in [2.75, 3.05) is 6.61 Å². The summed E-state index contributed by atoms with van der Waals surface area (Å²) in [6, 6.07) is 3.88. The third-order valence-corrected chi connectivity index (χ3v) is 3.38. The molecule has 0 saturated heterocycles. The number of nitrogens with zero attached hydrogens (tertiary/aromatic N) is 2. The van der Waals surface area contributed by atoms with Crippen LogP contribution in [0.25, 0.3) is 0 Å². The van der Waals surface area contributed by atoms with Crippen molar-refractivity contribution in [2.45, 2.75) is 13.8 Å². The fourth-order valence-corrected chi connectivity index (χ4v) is 1.95. The van der Waals surface area contributed by atoms with E-state index in [1.807, 2.05) is 18.5 Å². The molecule has 0 aromatic carbocycles. The van der Waals surface area contributed by atoms with Gasteiger partial charge in [-0.15, -0.1) is 0 Å². The lowest BCUT2D eigenvalue weighted by Gasteiger charge is -2.03. The zero-order valence-electron chi connectivity index (χ0n) is 12.3. The molecule has 116 valence electrons. The summed E-state index contributed by atoms with van der Waals surface area (Å²) >= 11 is 0. The highest BCUT2D eigenvalue weighted by molar-refractivity contribution is 6.00. The highest BCUT2D eigenvalue weighted by atomic mass is 16.7. The molecule has 0 fully saturated rings. The Kier molecular flexibility index (Phi) is 4.11. The lowest BCUT2D eigenvalue weighted by Crippen LogP contribution is -2.14. The molecule has 0 N–H and O–H groups in total. The lowest BCUT2D eigenvalue weighted by molar-refractivity contribution is -0.402. The second kappa shape index (κ2) is 5.84. The number of rotatable bonds is 5. The predicted molar refractivity (Wildman–Crippen MR) is 74.9 cm³/mol. The highest BCUT2D eigenvalue weighted by Crippen LogP contribution is 2.17. The van der Waals surface area contributed by atoms with E-state index in [0.717, 1.165) is 23.5 Å². The van der Waals surface area contributed by atoms with Crippen LogP contribution in [0.15, 0.2) is 22.6 Å². The summed E-state index contributed by atoms with van der Waals surface area (Å²) in [5.74, 6) is -2.16. The minimum absolute atomic E-state index is 0.319. The van der Waals surface area contributed by atoms with Gasteiger partial charge in [0.05, 0.1) is 6.07 Å². The first kappa shape index (κ1) is 15.5. The first-order chi connectivity index (χ1) is 10.3. The minimum Gasteiger partial charge on any atom is -0.451 e. The molecule has 8 nitrogen and oxygen atoms in total. The maximum Gasteiger partial charge on any atom is 0.433 e. The van der Waals surface area contributed by atoms with Gasteiger partial charge in [-0.2, -0.15) is 0 Å². The summed E-state index contributed by atoms with van der Waals surface area (Å²) in [4.78, 5) is 33.4. The average molecular weight is 306 g/mol. The van der Waals surface area contributed by atoms with Crippen LogP contribution in [0, 0.1) is 24.0 Å². The van der Waals surface area contributed by atoms with Gasteiger partial charge in [0.2, 0.25) is 11.5 Å².